The fourth-order valence-corrected chi connectivity index (χ4v) is 1.88. The summed E-state index contributed by atoms with van der Waals surface area (Å²) in [5.74, 6) is 2.37. The van der Waals surface area contributed by atoms with Crippen LogP contribution in [0.5, 0.6) is 0 Å². The van der Waals surface area contributed by atoms with Gasteiger partial charge in [0, 0.05) is 39.1 Å². The van der Waals surface area contributed by atoms with Crippen LogP contribution in [0, 0.1) is 0 Å². The van der Waals surface area contributed by atoms with Gasteiger partial charge in [-0.25, -0.2) is 0 Å². The average Bonchev–Trinajstić information content (AvgIpc) is 2.62. The largest absolute Gasteiger partial charge is 0.337 e. The molecule has 0 unspecified atom stereocenters. The SMILES string of the molecule is CC(C)c1nc(N2CCNCC2)nn1C. The third-order valence-electron chi connectivity index (χ3n) is 2.70. The Morgan fingerprint density at radius 1 is 1.27 bits per heavy atom. The van der Waals surface area contributed by atoms with E-state index in [1.807, 2.05) is 11.7 Å². The molecular weight excluding hydrogens is 190 g/mol. The van der Waals surface area contributed by atoms with Crippen molar-refractivity contribution in [2.45, 2.75) is 19.8 Å². The molecule has 15 heavy (non-hydrogen) atoms. The van der Waals surface area contributed by atoms with E-state index in [-0.39, 0.29) is 0 Å². The lowest BCUT2D eigenvalue weighted by Crippen LogP contribution is -2.44. The van der Waals surface area contributed by atoms with E-state index in [9.17, 15) is 0 Å². The van der Waals surface area contributed by atoms with Crippen molar-refractivity contribution in [3.63, 3.8) is 0 Å². The normalized spacial score (nSPS) is 17.5. The van der Waals surface area contributed by atoms with Gasteiger partial charge in [0.1, 0.15) is 5.82 Å². The van der Waals surface area contributed by atoms with Crippen molar-refractivity contribution in [1.29, 1.82) is 0 Å². The van der Waals surface area contributed by atoms with Crippen molar-refractivity contribution < 1.29 is 0 Å². The molecule has 0 aromatic carbocycles. The van der Waals surface area contributed by atoms with E-state index in [2.05, 4.69) is 34.1 Å². The number of nitrogens with zero attached hydrogens (tertiary/aromatic N) is 4. The molecule has 1 saturated heterocycles. The first-order valence-electron chi connectivity index (χ1n) is 5.55. The molecule has 0 atom stereocenters. The highest BCUT2D eigenvalue weighted by Gasteiger charge is 2.17. The highest BCUT2D eigenvalue weighted by atomic mass is 15.4. The monoisotopic (exact) mass is 209 g/mol. The molecule has 84 valence electrons. The number of hydrogen-bond donors (Lipinski definition) is 1. The van der Waals surface area contributed by atoms with Crippen LogP contribution in [0.15, 0.2) is 0 Å². The Bertz CT molecular complexity index is 325. The van der Waals surface area contributed by atoms with E-state index >= 15 is 0 Å². The third kappa shape index (κ3) is 2.12. The second-order valence-electron chi connectivity index (χ2n) is 4.29. The Kier molecular flexibility index (Phi) is 2.90. The zero-order valence-electron chi connectivity index (χ0n) is 9.69. The summed E-state index contributed by atoms with van der Waals surface area (Å²) in [6.45, 7) is 8.34. The predicted octanol–water partition coefficient (Wildman–Crippen LogP) is 0.348. The van der Waals surface area contributed by atoms with E-state index in [1.54, 1.807) is 0 Å². The standard InChI is InChI=1S/C10H19N5/c1-8(2)9-12-10(13-14(9)3)15-6-4-11-5-7-15/h8,11H,4-7H2,1-3H3. The quantitative estimate of drug-likeness (QED) is 0.763. The molecule has 0 radical (unpaired) electrons. The van der Waals surface area contributed by atoms with Crippen LogP contribution < -0.4 is 10.2 Å². The zero-order chi connectivity index (χ0) is 10.8. The number of hydrogen-bond acceptors (Lipinski definition) is 4. The van der Waals surface area contributed by atoms with Crippen LogP contribution in [0.1, 0.15) is 25.6 Å². The lowest BCUT2D eigenvalue weighted by atomic mass is 10.2. The Morgan fingerprint density at radius 2 is 1.93 bits per heavy atom. The molecule has 2 heterocycles. The summed E-state index contributed by atoms with van der Waals surface area (Å²) in [6, 6.07) is 0. The summed E-state index contributed by atoms with van der Waals surface area (Å²) in [5.41, 5.74) is 0. The van der Waals surface area contributed by atoms with Gasteiger partial charge in [-0.15, -0.1) is 5.10 Å². The molecule has 0 spiro atoms. The molecule has 2 rings (SSSR count). The van der Waals surface area contributed by atoms with Crippen LogP contribution in [-0.4, -0.2) is 40.9 Å². The number of aromatic nitrogens is 3. The summed E-state index contributed by atoms with van der Waals surface area (Å²) in [6.07, 6.45) is 0. The molecular formula is C10H19N5. The van der Waals surface area contributed by atoms with Gasteiger partial charge >= 0.3 is 0 Å². The highest BCUT2D eigenvalue weighted by Crippen LogP contribution is 2.15. The van der Waals surface area contributed by atoms with Gasteiger partial charge in [0.05, 0.1) is 0 Å². The maximum absolute atomic E-state index is 4.58. The van der Waals surface area contributed by atoms with Crippen molar-refractivity contribution in [3.05, 3.63) is 5.82 Å². The first kappa shape index (κ1) is 10.4. The predicted molar refractivity (Wildman–Crippen MR) is 60.2 cm³/mol. The van der Waals surface area contributed by atoms with Gasteiger partial charge in [0.2, 0.25) is 5.95 Å². The van der Waals surface area contributed by atoms with Crippen molar-refractivity contribution in [1.82, 2.24) is 20.1 Å². The number of aryl methyl sites for hydroxylation is 1. The van der Waals surface area contributed by atoms with Crippen molar-refractivity contribution in [3.8, 4) is 0 Å². The van der Waals surface area contributed by atoms with E-state index in [0.29, 0.717) is 5.92 Å². The lowest BCUT2D eigenvalue weighted by molar-refractivity contribution is 0.577. The summed E-state index contributed by atoms with van der Waals surface area (Å²) in [7, 11) is 1.97. The summed E-state index contributed by atoms with van der Waals surface area (Å²) >= 11 is 0. The van der Waals surface area contributed by atoms with Crippen molar-refractivity contribution in [2.24, 2.45) is 7.05 Å². The van der Waals surface area contributed by atoms with Crippen LogP contribution in [0.25, 0.3) is 0 Å². The Morgan fingerprint density at radius 3 is 2.47 bits per heavy atom. The molecule has 0 amide bonds. The first-order chi connectivity index (χ1) is 7.18. The minimum absolute atomic E-state index is 0.430. The van der Waals surface area contributed by atoms with Gasteiger partial charge in [0.15, 0.2) is 0 Å². The second-order valence-corrected chi connectivity index (χ2v) is 4.29. The maximum atomic E-state index is 4.58. The van der Waals surface area contributed by atoms with Crippen LogP contribution in [0.4, 0.5) is 5.95 Å². The van der Waals surface area contributed by atoms with Gasteiger partial charge in [-0.1, -0.05) is 13.8 Å². The molecule has 5 heteroatoms. The van der Waals surface area contributed by atoms with Crippen molar-refractivity contribution >= 4 is 5.95 Å². The summed E-state index contributed by atoms with van der Waals surface area (Å²) in [4.78, 5) is 6.82. The Labute approximate surface area is 90.5 Å². The van der Waals surface area contributed by atoms with Gasteiger partial charge in [-0.05, 0) is 0 Å². The topological polar surface area (TPSA) is 46.0 Å². The van der Waals surface area contributed by atoms with E-state index in [1.165, 1.54) is 0 Å². The van der Waals surface area contributed by atoms with Crippen LogP contribution in [0.2, 0.25) is 0 Å². The minimum Gasteiger partial charge on any atom is -0.337 e. The Balaban J connectivity index is 2.17. The maximum Gasteiger partial charge on any atom is 0.245 e. The van der Waals surface area contributed by atoms with Gasteiger partial charge < -0.3 is 10.2 Å². The number of nitrogens with one attached hydrogen (secondary N) is 1. The molecule has 0 bridgehead atoms. The fourth-order valence-electron chi connectivity index (χ4n) is 1.88. The highest BCUT2D eigenvalue weighted by molar-refractivity contribution is 5.30. The van der Waals surface area contributed by atoms with E-state index in [0.717, 1.165) is 38.0 Å². The summed E-state index contributed by atoms with van der Waals surface area (Å²) < 4.78 is 1.89. The fraction of sp³-hybridized carbons (Fsp3) is 0.800. The van der Waals surface area contributed by atoms with Gasteiger partial charge in [-0.3, -0.25) is 4.68 Å². The first-order valence-corrected chi connectivity index (χ1v) is 5.55. The third-order valence-corrected chi connectivity index (χ3v) is 2.70. The van der Waals surface area contributed by atoms with Crippen LogP contribution in [-0.2, 0) is 7.05 Å². The van der Waals surface area contributed by atoms with E-state index in [4.69, 9.17) is 0 Å². The zero-order valence-corrected chi connectivity index (χ0v) is 9.69. The molecule has 1 fully saturated rings. The number of piperazine rings is 1. The molecule has 1 N–H and O–H groups in total. The molecule has 0 aliphatic carbocycles. The molecule has 0 saturated carbocycles. The number of anilines is 1. The average molecular weight is 209 g/mol. The van der Waals surface area contributed by atoms with E-state index < -0.39 is 0 Å². The number of rotatable bonds is 2. The molecule has 1 aliphatic rings. The smallest absolute Gasteiger partial charge is 0.245 e. The minimum atomic E-state index is 0.430. The molecule has 1 aromatic heterocycles. The Hall–Kier alpha value is -1.10. The van der Waals surface area contributed by atoms with Crippen molar-refractivity contribution in [2.75, 3.05) is 31.1 Å². The van der Waals surface area contributed by atoms with Crippen LogP contribution >= 0.6 is 0 Å². The second kappa shape index (κ2) is 4.18. The molecule has 5 nitrogen and oxygen atoms in total. The lowest BCUT2D eigenvalue weighted by Gasteiger charge is -2.25. The molecule has 1 aliphatic heterocycles. The summed E-state index contributed by atoms with van der Waals surface area (Å²) in [5, 5.41) is 7.78. The van der Waals surface area contributed by atoms with Gasteiger partial charge in [-0.2, -0.15) is 4.98 Å². The van der Waals surface area contributed by atoms with Crippen LogP contribution in [0.3, 0.4) is 0 Å². The van der Waals surface area contributed by atoms with Gasteiger partial charge in [0.25, 0.3) is 0 Å². The molecule has 1 aromatic rings.